The highest BCUT2D eigenvalue weighted by Crippen LogP contribution is 2.31. The lowest BCUT2D eigenvalue weighted by Crippen LogP contribution is -2.51. The Hall–Kier alpha value is -5.35. The van der Waals surface area contributed by atoms with E-state index in [1.807, 2.05) is 6.92 Å². The van der Waals surface area contributed by atoms with Crippen molar-refractivity contribution >= 4 is 34.9 Å². The number of carbonyl (C=O) groups is 2. The Labute approximate surface area is 256 Å². The minimum atomic E-state index is -1.10. The first-order valence-corrected chi connectivity index (χ1v) is 13.9. The van der Waals surface area contributed by atoms with Crippen molar-refractivity contribution in [3.05, 3.63) is 71.7 Å². The molecule has 0 aliphatic rings. The van der Waals surface area contributed by atoms with Crippen LogP contribution >= 0.6 is 0 Å². The fourth-order valence-corrected chi connectivity index (χ4v) is 4.46. The summed E-state index contributed by atoms with van der Waals surface area (Å²) in [7, 11) is 1.25. The normalized spacial score (nSPS) is 12.3. The fourth-order valence-electron chi connectivity index (χ4n) is 4.46. The van der Waals surface area contributed by atoms with Gasteiger partial charge in [0.15, 0.2) is 29.0 Å². The number of guanidine groups is 1. The monoisotopic (exact) mass is 624 g/mol. The Morgan fingerprint density at radius 2 is 1.84 bits per heavy atom. The number of fused-ring (bicyclic) bond motifs is 1. The van der Waals surface area contributed by atoms with Crippen LogP contribution in [0.15, 0.2) is 48.9 Å². The summed E-state index contributed by atoms with van der Waals surface area (Å²) < 4.78 is 35.6. The number of nitrogens with zero attached hydrogens (tertiary/aromatic N) is 3. The van der Waals surface area contributed by atoms with E-state index >= 15 is 0 Å². The van der Waals surface area contributed by atoms with E-state index in [-0.39, 0.29) is 36.9 Å². The van der Waals surface area contributed by atoms with Gasteiger partial charge >= 0.3 is 0 Å². The third kappa shape index (κ3) is 7.60. The van der Waals surface area contributed by atoms with E-state index in [4.69, 9.17) is 21.6 Å². The van der Waals surface area contributed by atoms with Gasteiger partial charge < -0.3 is 42.6 Å². The summed E-state index contributed by atoms with van der Waals surface area (Å²) in [5.74, 6) is -3.32. The molecule has 2 aromatic carbocycles. The van der Waals surface area contributed by atoms with Crippen LogP contribution in [0.25, 0.3) is 16.9 Å². The molecule has 0 saturated heterocycles. The molecule has 2 heterocycles. The van der Waals surface area contributed by atoms with Crippen LogP contribution in [-0.4, -0.2) is 76.1 Å². The van der Waals surface area contributed by atoms with Crippen molar-refractivity contribution in [2.24, 2.45) is 11.5 Å². The van der Waals surface area contributed by atoms with Gasteiger partial charge in [-0.15, -0.1) is 0 Å². The van der Waals surface area contributed by atoms with Crippen molar-refractivity contribution < 1.29 is 28.2 Å². The number of rotatable bonds is 13. The van der Waals surface area contributed by atoms with E-state index in [2.05, 4.69) is 31.2 Å². The van der Waals surface area contributed by atoms with Crippen molar-refractivity contribution in [2.75, 3.05) is 32.1 Å². The second-order valence-corrected chi connectivity index (χ2v) is 9.92. The number of aryl methyl sites for hydroxylation is 1. The predicted molar refractivity (Wildman–Crippen MR) is 163 cm³/mol. The van der Waals surface area contributed by atoms with E-state index in [1.54, 1.807) is 28.8 Å². The average molecular weight is 625 g/mol. The standard InChI is InChI=1S/C29H34F2N10O4/c1-3-15-10-16(4-5-18(15)27(43)37-11-17(42)12-38-28(44)20(32)13-39-29(33)34)40-25-26-36-14-21(41(26)9-8-35-25)19-6-7-22(45-2)24(31)23(19)30/h4-10,14,17,20,42H,3,11-13,32H2,1-2H3,(H,35,40)(H,37,43)(H,38,44)(H4,33,34,39)/t17?,20-/m1/s1. The van der Waals surface area contributed by atoms with Gasteiger partial charge in [0.05, 0.1) is 25.1 Å². The van der Waals surface area contributed by atoms with Gasteiger partial charge in [0.2, 0.25) is 11.7 Å². The number of carbonyl (C=O) groups excluding carboxylic acids is 2. The Morgan fingerprint density at radius 3 is 2.56 bits per heavy atom. The molecule has 0 fully saturated rings. The molecule has 1 unspecified atom stereocenters. The Morgan fingerprint density at radius 1 is 1.09 bits per heavy atom. The molecule has 0 aliphatic carbocycles. The van der Waals surface area contributed by atoms with Crippen LogP contribution in [0.4, 0.5) is 20.3 Å². The van der Waals surface area contributed by atoms with Crippen molar-refractivity contribution in [1.29, 1.82) is 5.41 Å². The molecule has 238 valence electrons. The topological polar surface area (TPSA) is 218 Å². The average Bonchev–Trinajstić information content (AvgIpc) is 3.47. The van der Waals surface area contributed by atoms with Gasteiger partial charge in [-0.1, -0.05) is 6.92 Å². The molecule has 2 amide bonds. The van der Waals surface area contributed by atoms with E-state index < -0.39 is 35.6 Å². The molecular weight excluding hydrogens is 590 g/mol. The maximum absolute atomic E-state index is 14.8. The molecule has 0 saturated carbocycles. The van der Waals surface area contributed by atoms with Crippen LogP contribution < -0.4 is 37.5 Å². The minimum absolute atomic E-state index is 0.000349. The molecule has 4 aromatic rings. The zero-order valence-corrected chi connectivity index (χ0v) is 24.5. The number of hydrogen-bond acceptors (Lipinski definition) is 9. The number of amides is 2. The Kier molecular flexibility index (Phi) is 10.4. The summed E-state index contributed by atoms with van der Waals surface area (Å²) in [6, 6.07) is 6.84. The van der Waals surface area contributed by atoms with Crippen LogP contribution in [0.3, 0.4) is 0 Å². The molecule has 0 spiro atoms. The molecule has 4 rings (SSSR count). The maximum atomic E-state index is 14.8. The summed E-state index contributed by atoms with van der Waals surface area (Å²) in [6.45, 7) is 1.56. The minimum Gasteiger partial charge on any atom is -0.494 e. The number of halogens is 2. The smallest absolute Gasteiger partial charge is 0.251 e. The van der Waals surface area contributed by atoms with Crippen LogP contribution in [-0.2, 0) is 11.2 Å². The van der Waals surface area contributed by atoms with Crippen LogP contribution in [0.2, 0.25) is 0 Å². The molecule has 0 aliphatic heterocycles. The summed E-state index contributed by atoms with van der Waals surface area (Å²) in [5.41, 5.74) is 13.2. The predicted octanol–water partition coefficient (Wildman–Crippen LogP) is 1.01. The Balaban J connectivity index is 1.42. The largest absolute Gasteiger partial charge is 0.494 e. The van der Waals surface area contributed by atoms with Crippen molar-refractivity contribution in [3.8, 4) is 17.0 Å². The zero-order chi connectivity index (χ0) is 32.7. The van der Waals surface area contributed by atoms with E-state index in [0.717, 1.165) is 0 Å². The molecule has 14 nitrogen and oxygen atoms in total. The van der Waals surface area contributed by atoms with Gasteiger partial charge in [0, 0.05) is 48.8 Å². The number of hydrogen-bond donors (Lipinski definition) is 8. The summed E-state index contributed by atoms with van der Waals surface area (Å²) in [6.07, 6.45) is 3.92. The lowest BCUT2D eigenvalue weighted by atomic mass is 10.0. The van der Waals surface area contributed by atoms with Gasteiger partial charge in [-0.3, -0.25) is 19.4 Å². The zero-order valence-electron chi connectivity index (χ0n) is 24.5. The number of imidazole rings is 1. The summed E-state index contributed by atoms with van der Waals surface area (Å²) >= 11 is 0. The first-order chi connectivity index (χ1) is 21.5. The molecule has 45 heavy (non-hydrogen) atoms. The molecule has 2 aromatic heterocycles. The summed E-state index contributed by atoms with van der Waals surface area (Å²) in [4.78, 5) is 33.7. The molecule has 0 bridgehead atoms. The lowest BCUT2D eigenvalue weighted by molar-refractivity contribution is -0.122. The molecule has 10 N–H and O–H groups in total. The number of anilines is 2. The van der Waals surface area contributed by atoms with E-state index in [0.29, 0.717) is 40.4 Å². The van der Waals surface area contributed by atoms with Gasteiger partial charge in [0.25, 0.3) is 5.91 Å². The Bertz CT molecular complexity index is 1710. The summed E-state index contributed by atoms with van der Waals surface area (Å²) in [5, 5.41) is 28.1. The first kappa shape index (κ1) is 32.6. The van der Waals surface area contributed by atoms with Crippen LogP contribution in [0.1, 0.15) is 22.8 Å². The van der Waals surface area contributed by atoms with Gasteiger partial charge in [-0.25, -0.2) is 14.4 Å². The van der Waals surface area contributed by atoms with Crippen LogP contribution in [0, 0.1) is 17.0 Å². The second kappa shape index (κ2) is 14.4. The number of nitrogens with two attached hydrogens (primary N) is 2. The van der Waals surface area contributed by atoms with Gasteiger partial charge in [-0.2, -0.15) is 4.39 Å². The molecule has 0 radical (unpaired) electrons. The van der Waals surface area contributed by atoms with Gasteiger partial charge in [-0.05, 0) is 42.3 Å². The number of aliphatic hydroxyl groups excluding tert-OH is 1. The maximum Gasteiger partial charge on any atom is 0.251 e. The SMILES string of the molecule is CCc1cc(Nc2nccn3c(-c4ccc(OC)c(F)c4F)cnc23)ccc1C(=O)NCC(O)CNC(=O)[C@H](N)CNC(=N)N. The molecular formula is C29H34F2N10O4. The quantitative estimate of drug-likeness (QED) is 0.0780. The number of ether oxygens (including phenoxy) is 1. The third-order valence-electron chi connectivity index (χ3n) is 6.82. The number of nitrogens with one attached hydrogen (secondary N) is 5. The van der Waals surface area contributed by atoms with Crippen molar-refractivity contribution in [2.45, 2.75) is 25.5 Å². The third-order valence-corrected chi connectivity index (χ3v) is 6.82. The fraction of sp³-hybridized carbons (Fsp3) is 0.276. The lowest BCUT2D eigenvalue weighted by Gasteiger charge is -2.17. The first-order valence-electron chi connectivity index (χ1n) is 13.9. The van der Waals surface area contributed by atoms with Crippen molar-refractivity contribution in [1.82, 2.24) is 30.3 Å². The molecule has 16 heteroatoms. The van der Waals surface area contributed by atoms with Crippen LogP contribution in [0.5, 0.6) is 5.75 Å². The second-order valence-electron chi connectivity index (χ2n) is 9.92. The van der Waals surface area contributed by atoms with E-state index in [9.17, 15) is 23.5 Å². The van der Waals surface area contributed by atoms with Gasteiger partial charge in [0.1, 0.15) is 6.04 Å². The highest BCUT2D eigenvalue weighted by atomic mass is 19.2. The number of aliphatic hydroxyl groups is 1. The number of benzene rings is 2. The molecule has 2 atom stereocenters. The highest BCUT2D eigenvalue weighted by Gasteiger charge is 2.20. The van der Waals surface area contributed by atoms with Crippen molar-refractivity contribution in [3.63, 3.8) is 0 Å². The highest BCUT2D eigenvalue weighted by molar-refractivity contribution is 5.96. The number of aromatic nitrogens is 3. The number of methoxy groups -OCH3 is 1. The van der Waals surface area contributed by atoms with E-state index in [1.165, 1.54) is 31.6 Å².